The quantitative estimate of drug-likeness (QED) is 0.451. The van der Waals surface area contributed by atoms with Gasteiger partial charge < -0.3 is 15.8 Å². The molecule has 0 radical (unpaired) electrons. The minimum Gasteiger partial charge on any atom is -0.494 e. The number of carbonyl (C=O) groups is 3. The van der Waals surface area contributed by atoms with Gasteiger partial charge in [-0.2, -0.15) is 0 Å². The summed E-state index contributed by atoms with van der Waals surface area (Å²) >= 11 is 0. The summed E-state index contributed by atoms with van der Waals surface area (Å²) in [7, 11) is 0. The predicted octanol–water partition coefficient (Wildman–Crippen LogP) is -0.166. The molecular formula is C17H19FN6O4. The Hall–Kier alpha value is -3.50. The third-order valence-electron chi connectivity index (χ3n) is 4.03. The molecule has 11 heteroatoms. The maximum Gasteiger partial charge on any atom is 0.324 e. The number of carbonyl (C=O) groups excluding carboxylic acids is 3. The maximum absolute atomic E-state index is 12.8. The highest BCUT2D eigenvalue weighted by Crippen LogP contribution is 2.13. The highest BCUT2D eigenvalue weighted by molar-refractivity contribution is 6.04. The number of imide groups is 1. The molecule has 2 heterocycles. The van der Waals surface area contributed by atoms with E-state index in [9.17, 15) is 18.8 Å². The largest absolute Gasteiger partial charge is 0.494 e. The van der Waals surface area contributed by atoms with Crippen LogP contribution in [0.1, 0.15) is 12.1 Å². The van der Waals surface area contributed by atoms with Gasteiger partial charge in [0.15, 0.2) is 0 Å². The van der Waals surface area contributed by atoms with Gasteiger partial charge in [-0.25, -0.2) is 13.9 Å². The van der Waals surface area contributed by atoms with Crippen molar-refractivity contribution in [1.29, 1.82) is 0 Å². The molecule has 1 fully saturated rings. The number of hydrogen-bond donors (Lipinski definition) is 2. The van der Waals surface area contributed by atoms with Crippen molar-refractivity contribution in [3.8, 4) is 5.75 Å². The first-order valence-electron chi connectivity index (χ1n) is 8.60. The molecule has 2 aromatic rings. The third-order valence-corrected chi connectivity index (χ3v) is 4.03. The molecule has 0 saturated carbocycles. The van der Waals surface area contributed by atoms with Crippen LogP contribution in [-0.4, -0.2) is 56.9 Å². The van der Waals surface area contributed by atoms with Crippen LogP contribution < -0.4 is 15.8 Å². The molecule has 0 aliphatic carbocycles. The molecule has 1 aliphatic heterocycles. The lowest BCUT2D eigenvalue weighted by Crippen LogP contribution is -2.33. The van der Waals surface area contributed by atoms with Gasteiger partial charge in [0.05, 0.1) is 12.3 Å². The van der Waals surface area contributed by atoms with Gasteiger partial charge in [-0.15, -0.1) is 5.10 Å². The number of nitrogens with zero attached hydrogens (tertiary/aromatic N) is 4. The molecule has 1 aromatic carbocycles. The van der Waals surface area contributed by atoms with E-state index in [1.165, 1.54) is 35.1 Å². The topological polar surface area (TPSA) is 132 Å². The van der Waals surface area contributed by atoms with E-state index in [1.807, 2.05) is 0 Å². The van der Waals surface area contributed by atoms with Crippen molar-refractivity contribution in [1.82, 2.24) is 25.2 Å². The summed E-state index contributed by atoms with van der Waals surface area (Å²) in [4.78, 5) is 36.5. The SMILES string of the molecule is NC(=O)Cn1cc(C[C@H]2NC(=O)N(CCCOc3ccc(F)cc3)C2=O)nn1. The Bertz CT molecular complexity index is 869. The number of amides is 4. The molecule has 1 aromatic heterocycles. The van der Waals surface area contributed by atoms with Crippen LogP contribution in [0.5, 0.6) is 5.75 Å². The van der Waals surface area contributed by atoms with Crippen LogP contribution in [0.2, 0.25) is 0 Å². The Balaban J connectivity index is 1.47. The molecule has 28 heavy (non-hydrogen) atoms. The molecule has 10 nitrogen and oxygen atoms in total. The first-order chi connectivity index (χ1) is 13.4. The van der Waals surface area contributed by atoms with Crippen molar-refractivity contribution in [2.45, 2.75) is 25.4 Å². The molecule has 1 aliphatic rings. The van der Waals surface area contributed by atoms with Crippen molar-refractivity contribution < 1.29 is 23.5 Å². The molecule has 0 bridgehead atoms. The fourth-order valence-corrected chi connectivity index (χ4v) is 2.75. The number of ether oxygens (including phenoxy) is 1. The van der Waals surface area contributed by atoms with Crippen LogP contribution in [0, 0.1) is 5.82 Å². The highest BCUT2D eigenvalue weighted by atomic mass is 19.1. The van der Waals surface area contributed by atoms with Gasteiger partial charge in [0.2, 0.25) is 5.91 Å². The molecule has 148 valence electrons. The lowest BCUT2D eigenvalue weighted by molar-refractivity contribution is -0.127. The third kappa shape index (κ3) is 4.81. The summed E-state index contributed by atoms with van der Waals surface area (Å²) < 4.78 is 19.6. The molecule has 4 amide bonds. The zero-order chi connectivity index (χ0) is 20.1. The lowest BCUT2D eigenvalue weighted by Gasteiger charge is -2.13. The normalized spacial score (nSPS) is 16.3. The standard InChI is InChI=1S/C17H19FN6O4/c18-11-2-4-13(5-3-11)28-7-1-6-24-16(26)14(20-17(24)27)8-12-9-23(22-21-12)10-15(19)25/h2-5,9,14H,1,6-8,10H2,(H2,19,25)(H,20,27)/t14-/m1/s1. The molecule has 3 rings (SSSR count). The summed E-state index contributed by atoms with van der Waals surface area (Å²) in [5.41, 5.74) is 5.54. The Morgan fingerprint density at radius 2 is 2.04 bits per heavy atom. The van der Waals surface area contributed by atoms with E-state index in [0.29, 0.717) is 17.9 Å². The Morgan fingerprint density at radius 3 is 2.75 bits per heavy atom. The van der Waals surface area contributed by atoms with Crippen LogP contribution in [0.15, 0.2) is 30.5 Å². The number of benzene rings is 1. The number of nitrogens with two attached hydrogens (primary N) is 1. The van der Waals surface area contributed by atoms with Gasteiger partial charge in [-0.1, -0.05) is 5.21 Å². The van der Waals surface area contributed by atoms with E-state index < -0.39 is 18.0 Å². The number of nitrogens with one attached hydrogen (secondary N) is 1. The molecule has 1 atom stereocenters. The Morgan fingerprint density at radius 1 is 1.29 bits per heavy atom. The van der Waals surface area contributed by atoms with Crippen molar-refractivity contribution >= 4 is 17.8 Å². The average molecular weight is 390 g/mol. The van der Waals surface area contributed by atoms with Gasteiger partial charge in [0, 0.05) is 19.2 Å². The average Bonchev–Trinajstić information content (AvgIpc) is 3.18. The number of hydrogen-bond acceptors (Lipinski definition) is 6. The predicted molar refractivity (Wildman–Crippen MR) is 93.5 cm³/mol. The number of urea groups is 1. The first-order valence-corrected chi connectivity index (χ1v) is 8.60. The second kappa shape index (κ2) is 8.46. The second-order valence-corrected chi connectivity index (χ2v) is 6.23. The van der Waals surface area contributed by atoms with E-state index >= 15 is 0 Å². The van der Waals surface area contributed by atoms with Gasteiger partial charge in [0.1, 0.15) is 24.2 Å². The maximum atomic E-state index is 12.8. The summed E-state index contributed by atoms with van der Waals surface area (Å²) in [6, 6.07) is 4.36. The van der Waals surface area contributed by atoms with E-state index in [0.717, 1.165) is 4.90 Å². The van der Waals surface area contributed by atoms with Crippen LogP contribution in [0.3, 0.4) is 0 Å². The second-order valence-electron chi connectivity index (χ2n) is 6.23. The van der Waals surface area contributed by atoms with Crippen LogP contribution in [0.25, 0.3) is 0 Å². The number of aromatic nitrogens is 3. The van der Waals surface area contributed by atoms with Crippen molar-refractivity contribution in [2.75, 3.05) is 13.2 Å². The van der Waals surface area contributed by atoms with Crippen LogP contribution in [0.4, 0.5) is 9.18 Å². The van der Waals surface area contributed by atoms with Crippen LogP contribution >= 0.6 is 0 Å². The first kappa shape index (κ1) is 19.3. The fraction of sp³-hybridized carbons (Fsp3) is 0.353. The van der Waals surface area contributed by atoms with Crippen LogP contribution in [-0.2, 0) is 22.6 Å². The van der Waals surface area contributed by atoms with Gasteiger partial charge >= 0.3 is 6.03 Å². The monoisotopic (exact) mass is 390 g/mol. The molecule has 1 saturated heterocycles. The summed E-state index contributed by atoms with van der Waals surface area (Å²) in [5, 5.41) is 10.2. The van der Waals surface area contributed by atoms with E-state index in [4.69, 9.17) is 10.5 Å². The molecule has 0 unspecified atom stereocenters. The minimum absolute atomic E-state index is 0.113. The van der Waals surface area contributed by atoms with Crippen molar-refractivity contribution in [2.24, 2.45) is 5.73 Å². The van der Waals surface area contributed by atoms with Gasteiger partial charge in [0.25, 0.3) is 5.91 Å². The van der Waals surface area contributed by atoms with Gasteiger partial charge in [-0.05, 0) is 30.7 Å². The Labute approximate surface area is 159 Å². The van der Waals surface area contributed by atoms with Crippen molar-refractivity contribution in [3.05, 3.63) is 42.0 Å². The lowest BCUT2D eigenvalue weighted by atomic mass is 10.1. The molecule has 3 N–H and O–H groups in total. The van der Waals surface area contributed by atoms with E-state index in [-0.39, 0.29) is 37.8 Å². The fourth-order valence-electron chi connectivity index (χ4n) is 2.75. The number of halogens is 1. The summed E-state index contributed by atoms with van der Waals surface area (Å²) in [6.07, 6.45) is 2.09. The summed E-state index contributed by atoms with van der Waals surface area (Å²) in [6.45, 7) is 0.351. The zero-order valence-corrected chi connectivity index (χ0v) is 14.9. The molecule has 0 spiro atoms. The smallest absolute Gasteiger partial charge is 0.324 e. The Kier molecular flexibility index (Phi) is 5.82. The minimum atomic E-state index is -0.746. The van der Waals surface area contributed by atoms with Gasteiger partial charge in [-0.3, -0.25) is 14.5 Å². The highest BCUT2D eigenvalue weighted by Gasteiger charge is 2.37. The number of primary amides is 1. The summed E-state index contributed by atoms with van der Waals surface area (Å²) in [5.74, 6) is -0.769. The van der Waals surface area contributed by atoms with E-state index in [2.05, 4.69) is 15.6 Å². The molecular weight excluding hydrogens is 371 g/mol. The number of rotatable bonds is 9. The zero-order valence-electron chi connectivity index (χ0n) is 14.9. The van der Waals surface area contributed by atoms with E-state index in [1.54, 1.807) is 0 Å². The van der Waals surface area contributed by atoms with Crippen molar-refractivity contribution in [3.63, 3.8) is 0 Å².